The number of methoxy groups -OCH3 is 1. The van der Waals surface area contributed by atoms with Crippen LogP contribution in [0.2, 0.25) is 0 Å². The number of ether oxygens (including phenoxy) is 2. The first kappa shape index (κ1) is 28.0. The number of pyridine rings is 1. The second kappa shape index (κ2) is 11.8. The summed E-state index contributed by atoms with van der Waals surface area (Å²) < 4.78 is 39.4. The lowest BCUT2D eigenvalue weighted by atomic mass is 10.0. The van der Waals surface area contributed by atoms with Crippen LogP contribution in [0, 0.1) is 6.92 Å². The SMILES string of the molecule is CCOCc1nc(O)c(S(=O)(=O)c2ccc(-c3ccc(OC)nc3C)cc2)c(=O)n1C(CC)c1ccccc1. The van der Waals surface area contributed by atoms with Gasteiger partial charge in [-0.2, -0.15) is 4.98 Å². The zero-order valence-electron chi connectivity index (χ0n) is 22.3. The fourth-order valence-corrected chi connectivity index (χ4v) is 5.88. The summed E-state index contributed by atoms with van der Waals surface area (Å²) in [7, 11) is -2.89. The van der Waals surface area contributed by atoms with Crippen LogP contribution in [0.3, 0.4) is 0 Å². The minimum absolute atomic E-state index is 0.0626. The quantitative estimate of drug-likeness (QED) is 0.302. The Hall–Kier alpha value is -4.02. The Morgan fingerprint density at radius 2 is 1.67 bits per heavy atom. The highest BCUT2D eigenvalue weighted by Crippen LogP contribution is 2.30. The smallest absolute Gasteiger partial charge is 0.277 e. The molecule has 2 aromatic carbocycles. The van der Waals surface area contributed by atoms with E-state index in [1.165, 1.54) is 23.8 Å². The highest BCUT2D eigenvalue weighted by Gasteiger charge is 2.31. The summed E-state index contributed by atoms with van der Waals surface area (Å²) in [5.41, 5.74) is 2.21. The first-order chi connectivity index (χ1) is 18.7. The summed E-state index contributed by atoms with van der Waals surface area (Å²) >= 11 is 0. The second-order valence-corrected chi connectivity index (χ2v) is 10.7. The van der Waals surface area contributed by atoms with E-state index in [0.29, 0.717) is 24.6 Å². The van der Waals surface area contributed by atoms with E-state index in [9.17, 15) is 18.3 Å². The lowest BCUT2D eigenvalue weighted by molar-refractivity contribution is 0.122. The van der Waals surface area contributed by atoms with Gasteiger partial charge in [0.25, 0.3) is 5.56 Å². The van der Waals surface area contributed by atoms with Gasteiger partial charge in [-0.25, -0.2) is 13.4 Å². The van der Waals surface area contributed by atoms with Crippen molar-refractivity contribution in [1.29, 1.82) is 0 Å². The Morgan fingerprint density at radius 3 is 2.26 bits per heavy atom. The van der Waals surface area contributed by atoms with Crippen molar-refractivity contribution in [3.63, 3.8) is 0 Å². The average molecular weight is 550 g/mol. The monoisotopic (exact) mass is 549 g/mol. The normalized spacial score (nSPS) is 12.3. The Bertz CT molecular complexity index is 1620. The number of aryl methyl sites for hydroxylation is 1. The predicted octanol–water partition coefficient (Wildman–Crippen LogP) is 4.70. The van der Waals surface area contributed by atoms with E-state index >= 15 is 0 Å². The third-order valence-corrected chi connectivity index (χ3v) is 8.25. The van der Waals surface area contributed by atoms with Gasteiger partial charge >= 0.3 is 0 Å². The van der Waals surface area contributed by atoms with Crippen LogP contribution in [0.25, 0.3) is 11.1 Å². The number of hydrogen-bond acceptors (Lipinski definition) is 8. The van der Waals surface area contributed by atoms with Crippen molar-refractivity contribution in [3.8, 4) is 22.9 Å². The fourth-order valence-electron chi connectivity index (χ4n) is 4.53. The molecule has 2 heterocycles. The summed E-state index contributed by atoms with van der Waals surface area (Å²) in [6, 6.07) is 18.4. The molecule has 1 unspecified atom stereocenters. The van der Waals surface area contributed by atoms with Crippen LogP contribution >= 0.6 is 0 Å². The molecule has 1 N–H and O–H groups in total. The highest BCUT2D eigenvalue weighted by molar-refractivity contribution is 7.91. The number of hydrogen-bond donors (Lipinski definition) is 1. The van der Waals surface area contributed by atoms with Gasteiger partial charge in [0.15, 0.2) is 4.90 Å². The Balaban J connectivity index is 1.83. The fraction of sp³-hybridized carbons (Fsp3) is 0.276. The van der Waals surface area contributed by atoms with Gasteiger partial charge in [0.1, 0.15) is 12.4 Å². The molecule has 0 amide bonds. The molecule has 0 aliphatic carbocycles. The molecule has 0 aliphatic heterocycles. The van der Waals surface area contributed by atoms with Gasteiger partial charge in [-0.05, 0) is 49.6 Å². The van der Waals surface area contributed by atoms with Crippen LogP contribution < -0.4 is 10.3 Å². The van der Waals surface area contributed by atoms with E-state index in [1.807, 2.05) is 50.2 Å². The van der Waals surface area contributed by atoms with Crippen LogP contribution in [-0.2, 0) is 21.2 Å². The van der Waals surface area contributed by atoms with Gasteiger partial charge < -0.3 is 14.6 Å². The van der Waals surface area contributed by atoms with Crippen LogP contribution in [0.15, 0.2) is 81.3 Å². The van der Waals surface area contributed by atoms with Crippen LogP contribution in [0.5, 0.6) is 11.8 Å². The zero-order chi connectivity index (χ0) is 28.2. The molecule has 4 rings (SSSR count). The summed E-state index contributed by atoms with van der Waals surface area (Å²) in [4.78, 5) is 21.5. The van der Waals surface area contributed by atoms with Gasteiger partial charge in [-0.1, -0.05) is 49.4 Å². The molecule has 0 saturated carbocycles. The van der Waals surface area contributed by atoms with Crippen molar-refractivity contribution in [2.75, 3.05) is 13.7 Å². The van der Waals surface area contributed by atoms with Gasteiger partial charge in [0, 0.05) is 23.9 Å². The van der Waals surface area contributed by atoms with Crippen molar-refractivity contribution in [1.82, 2.24) is 14.5 Å². The largest absolute Gasteiger partial charge is 0.492 e. The van der Waals surface area contributed by atoms with E-state index in [-0.39, 0.29) is 17.3 Å². The lowest BCUT2D eigenvalue weighted by Gasteiger charge is -2.23. The summed E-state index contributed by atoms with van der Waals surface area (Å²) in [5.74, 6) is -0.233. The minimum atomic E-state index is -4.43. The van der Waals surface area contributed by atoms with E-state index in [0.717, 1.165) is 16.7 Å². The second-order valence-electron chi connectivity index (χ2n) is 8.84. The van der Waals surface area contributed by atoms with Gasteiger partial charge in [-0.3, -0.25) is 9.36 Å². The third kappa shape index (κ3) is 5.57. The van der Waals surface area contributed by atoms with E-state index < -0.39 is 32.2 Å². The molecule has 2 aromatic heterocycles. The first-order valence-electron chi connectivity index (χ1n) is 12.6. The summed E-state index contributed by atoms with van der Waals surface area (Å²) in [5, 5.41) is 10.8. The van der Waals surface area contributed by atoms with E-state index in [2.05, 4.69) is 9.97 Å². The Morgan fingerprint density at radius 1 is 0.974 bits per heavy atom. The van der Waals surface area contributed by atoms with Crippen molar-refractivity contribution in [3.05, 3.63) is 94.2 Å². The number of nitrogens with zero attached hydrogens (tertiary/aromatic N) is 3. The topological polar surface area (TPSA) is 121 Å². The van der Waals surface area contributed by atoms with Crippen molar-refractivity contribution >= 4 is 9.84 Å². The Labute approximate surface area is 227 Å². The van der Waals surface area contributed by atoms with Crippen molar-refractivity contribution in [2.24, 2.45) is 0 Å². The molecule has 39 heavy (non-hydrogen) atoms. The maximum Gasteiger partial charge on any atom is 0.277 e. The van der Waals surface area contributed by atoms with Crippen LogP contribution in [0.1, 0.15) is 43.4 Å². The molecular formula is C29H31N3O6S. The molecule has 0 fully saturated rings. The number of sulfone groups is 1. The molecule has 9 nitrogen and oxygen atoms in total. The number of aromatic hydroxyl groups is 1. The van der Waals surface area contributed by atoms with Crippen LogP contribution in [0.4, 0.5) is 0 Å². The van der Waals surface area contributed by atoms with Gasteiger partial charge in [0.2, 0.25) is 21.6 Å². The molecule has 10 heteroatoms. The summed E-state index contributed by atoms with van der Waals surface area (Å²) in [6.07, 6.45) is 0.485. The molecule has 0 aliphatic rings. The van der Waals surface area contributed by atoms with Crippen LogP contribution in [-0.4, -0.2) is 41.8 Å². The van der Waals surface area contributed by atoms with Gasteiger partial charge in [-0.15, -0.1) is 0 Å². The Kier molecular flexibility index (Phi) is 8.47. The zero-order valence-corrected chi connectivity index (χ0v) is 23.1. The molecule has 0 saturated heterocycles. The van der Waals surface area contributed by atoms with Gasteiger partial charge in [0.05, 0.1) is 18.0 Å². The lowest BCUT2D eigenvalue weighted by Crippen LogP contribution is -2.33. The molecule has 0 bridgehead atoms. The first-order valence-corrected chi connectivity index (χ1v) is 14.0. The third-order valence-electron chi connectivity index (χ3n) is 6.46. The minimum Gasteiger partial charge on any atom is -0.492 e. The highest BCUT2D eigenvalue weighted by atomic mass is 32.2. The molecule has 0 spiro atoms. The molecule has 0 radical (unpaired) electrons. The molecule has 4 aromatic rings. The predicted molar refractivity (Wildman–Crippen MR) is 147 cm³/mol. The van der Waals surface area contributed by atoms with E-state index in [1.54, 1.807) is 25.1 Å². The number of benzene rings is 2. The van der Waals surface area contributed by atoms with E-state index in [4.69, 9.17) is 9.47 Å². The number of aromatic nitrogens is 3. The molecule has 1 atom stereocenters. The maximum atomic E-state index is 13.9. The number of rotatable bonds is 10. The standard InChI is InChI=1S/C29H31N3O6S/c1-5-24(21-10-8-7-9-11-21)32-25(18-38-6-2)31-28(33)27(29(32)34)39(35,36)22-14-12-20(13-15-22)23-16-17-26(37-4)30-19(23)3/h7-17,24,33H,5-6,18H2,1-4H3. The average Bonchev–Trinajstić information content (AvgIpc) is 2.94. The summed E-state index contributed by atoms with van der Waals surface area (Å²) in [6.45, 7) is 5.81. The maximum absolute atomic E-state index is 13.9. The van der Waals surface area contributed by atoms with Crippen molar-refractivity contribution < 1.29 is 23.0 Å². The molecule has 204 valence electrons. The molecular weight excluding hydrogens is 518 g/mol. The van der Waals surface area contributed by atoms with Crippen molar-refractivity contribution in [2.45, 2.75) is 49.6 Å².